The van der Waals surface area contributed by atoms with Crippen LogP contribution in [-0.4, -0.2) is 114 Å². The largest absolute Gasteiger partial charge is 0.463 e. The van der Waals surface area contributed by atoms with E-state index >= 15 is 0 Å². The molecule has 0 unspecified atom stereocenters. The number of hydrogen-bond acceptors (Lipinski definition) is 17. The Hall–Kier alpha value is -3.10. The maximum Gasteiger partial charge on any atom is 0.303 e. The van der Waals surface area contributed by atoms with E-state index < -0.39 is 114 Å². The number of carbonyl (C=O) groups excluding carboxylic acids is 7. The molecule has 0 saturated carbocycles. The van der Waals surface area contributed by atoms with E-state index in [2.05, 4.69) is 0 Å². The van der Waals surface area contributed by atoms with Gasteiger partial charge in [-0.2, -0.15) is 0 Å². The molecule has 2 fully saturated rings. The third-order valence-electron chi connectivity index (χ3n) is 5.87. The Bertz CT molecular complexity index is 1090. The molecule has 0 aliphatic carbocycles. The van der Waals surface area contributed by atoms with Gasteiger partial charge in [0.05, 0.1) is 0 Å². The third-order valence-corrected chi connectivity index (χ3v) is 6.87. The molecule has 2 aliphatic rings. The van der Waals surface area contributed by atoms with Gasteiger partial charge in [0.1, 0.15) is 35.6 Å². The van der Waals surface area contributed by atoms with Crippen molar-refractivity contribution < 1.29 is 80.9 Å². The molecule has 17 nitrogen and oxygen atoms in total. The smallest absolute Gasteiger partial charge is 0.303 e. The van der Waals surface area contributed by atoms with Crippen LogP contribution in [0.5, 0.6) is 0 Å². The van der Waals surface area contributed by atoms with Crippen molar-refractivity contribution in [3.05, 3.63) is 0 Å². The van der Waals surface area contributed by atoms with E-state index in [4.69, 9.17) is 47.4 Å². The zero-order valence-corrected chi connectivity index (χ0v) is 27.2. The first-order chi connectivity index (χ1) is 20.5. The van der Waals surface area contributed by atoms with E-state index in [9.17, 15) is 33.6 Å². The molecule has 248 valence electrons. The molecule has 2 rings (SSSR count). The molecule has 0 spiro atoms. The maximum absolute atomic E-state index is 12.2. The van der Waals surface area contributed by atoms with Gasteiger partial charge in [-0.25, -0.2) is 0 Å². The third kappa shape index (κ3) is 11.1. The summed E-state index contributed by atoms with van der Waals surface area (Å²) in [5.41, 5.74) is 0. The molecule has 0 radical (unpaired) electrons. The van der Waals surface area contributed by atoms with E-state index in [0.29, 0.717) is 0 Å². The first-order valence-electron chi connectivity index (χ1n) is 13.2. The van der Waals surface area contributed by atoms with Crippen molar-refractivity contribution in [2.75, 3.05) is 13.2 Å². The molecule has 18 heteroatoms. The molecule has 0 amide bonds. The zero-order valence-electron chi connectivity index (χ0n) is 25.0. The molecule has 10 atom stereocenters. The molecule has 0 aromatic carbocycles. The van der Waals surface area contributed by atoms with Gasteiger partial charge >= 0.3 is 41.8 Å². The van der Waals surface area contributed by atoms with Crippen LogP contribution in [-0.2, 0) is 80.9 Å². The second-order valence-electron chi connectivity index (χ2n) is 9.64. The van der Waals surface area contributed by atoms with Crippen LogP contribution >= 0.6 is 22.6 Å². The highest BCUT2D eigenvalue weighted by Gasteiger charge is 2.57. The number of alkyl halides is 1. The van der Waals surface area contributed by atoms with Gasteiger partial charge in [-0.15, -0.1) is 0 Å². The molecule has 0 bridgehead atoms. The predicted molar refractivity (Wildman–Crippen MR) is 147 cm³/mol. The minimum atomic E-state index is -1.72. The summed E-state index contributed by atoms with van der Waals surface area (Å²) in [4.78, 5) is 83.8. The number of hydrogen-bond donors (Lipinski definition) is 0. The average molecular weight is 746 g/mol. The summed E-state index contributed by atoms with van der Waals surface area (Å²) in [6.07, 6.45) is -13.0. The molecule has 0 N–H and O–H groups in total. The number of ether oxygens (including phenoxy) is 10. The Morgan fingerprint density at radius 1 is 0.477 bits per heavy atom. The number of halogens is 1. The van der Waals surface area contributed by atoms with Crippen LogP contribution in [0.1, 0.15) is 48.5 Å². The van der Waals surface area contributed by atoms with Gasteiger partial charge in [-0.1, -0.05) is 0 Å². The quantitative estimate of drug-likeness (QED) is 0.118. The summed E-state index contributed by atoms with van der Waals surface area (Å²) in [7, 11) is 0. The minimum absolute atomic E-state index is 0.435. The highest BCUT2D eigenvalue weighted by atomic mass is 127. The monoisotopic (exact) mass is 746 g/mol. The average Bonchev–Trinajstić information content (AvgIpc) is 2.87. The Morgan fingerprint density at radius 2 is 0.841 bits per heavy atom. The lowest BCUT2D eigenvalue weighted by molar-refractivity contribution is -0.340. The van der Waals surface area contributed by atoms with Crippen molar-refractivity contribution in [2.24, 2.45) is 0 Å². The van der Waals surface area contributed by atoms with Crippen LogP contribution < -0.4 is 0 Å². The summed E-state index contributed by atoms with van der Waals surface area (Å²) in [6, 6.07) is 0. The van der Waals surface area contributed by atoms with Crippen LogP contribution in [0.15, 0.2) is 0 Å². The fourth-order valence-electron chi connectivity index (χ4n) is 4.46. The standard InChI is InChI=1S/C26H35IO17/c1-10(28)35-8-17-20(21(38-13(4)31)23(25(27)42-17)40-15(6)33)44-26-24(41-16(7)34)22(39-14(5)32)19(37-12(3)30)18(43-26)9-36-11(2)29/h17-26H,8-9H2,1-7H3/t17-,18-,19-,20-,21+,22+,23-,24-,25+,26+/m1/s1. The summed E-state index contributed by atoms with van der Waals surface area (Å²) in [5.74, 6) is -5.56. The van der Waals surface area contributed by atoms with Crippen LogP contribution in [0.2, 0.25) is 0 Å². The van der Waals surface area contributed by atoms with Crippen molar-refractivity contribution in [1.29, 1.82) is 0 Å². The second-order valence-corrected chi connectivity index (χ2v) is 10.9. The normalized spacial score (nSPS) is 31.5. The first-order valence-corrected chi connectivity index (χ1v) is 14.5. The highest BCUT2D eigenvalue weighted by molar-refractivity contribution is 14.1. The van der Waals surface area contributed by atoms with E-state index in [1.807, 2.05) is 0 Å². The Balaban J connectivity index is 2.66. The molecule has 44 heavy (non-hydrogen) atoms. The topological polar surface area (TPSA) is 212 Å². The lowest BCUT2D eigenvalue weighted by Crippen LogP contribution is -2.66. The SMILES string of the molecule is CC(=O)OC[C@H]1O[C@H](I)[C@H](OC(C)=O)[C@@H](OC(C)=O)[C@@H]1O[C@@H]1O[C@H](COC(C)=O)[C@@H](OC(C)=O)[C@H](OC(C)=O)[C@H]1OC(C)=O. The van der Waals surface area contributed by atoms with Gasteiger partial charge in [0, 0.05) is 48.5 Å². The van der Waals surface area contributed by atoms with Crippen molar-refractivity contribution in [1.82, 2.24) is 0 Å². The van der Waals surface area contributed by atoms with Gasteiger partial charge in [-0.05, 0) is 22.6 Å². The first kappa shape index (κ1) is 37.1. The molecular weight excluding hydrogens is 711 g/mol. The van der Waals surface area contributed by atoms with Crippen LogP contribution in [0, 0.1) is 0 Å². The van der Waals surface area contributed by atoms with Crippen LogP contribution in [0.4, 0.5) is 0 Å². The molecule has 2 saturated heterocycles. The van der Waals surface area contributed by atoms with Crippen LogP contribution in [0.3, 0.4) is 0 Å². The summed E-state index contributed by atoms with van der Waals surface area (Å²) in [6.45, 7) is 6.66. The lowest BCUT2D eigenvalue weighted by Gasteiger charge is -2.48. The summed E-state index contributed by atoms with van der Waals surface area (Å²) >= 11 is 1.80. The summed E-state index contributed by atoms with van der Waals surface area (Å²) in [5, 5.41) is 0. The zero-order chi connectivity index (χ0) is 33.3. The lowest BCUT2D eigenvalue weighted by atomic mass is 9.96. The molecule has 0 aromatic heterocycles. The van der Waals surface area contributed by atoms with Gasteiger partial charge in [0.2, 0.25) is 0 Å². The summed E-state index contributed by atoms with van der Waals surface area (Å²) < 4.78 is 54.4. The minimum Gasteiger partial charge on any atom is -0.463 e. The molecule has 2 heterocycles. The Morgan fingerprint density at radius 3 is 1.27 bits per heavy atom. The van der Waals surface area contributed by atoms with Crippen molar-refractivity contribution in [3.8, 4) is 0 Å². The predicted octanol–water partition coefficient (Wildman–Crippen LogP) is 0.0411. The Kier molecular flexibility index (Phi) is 14.2. The van der Waals surface area contributed by atoms with Gasteiger partial charge in [-0.3, -0.25) is 33.6 Å². The van der Waals surface area contributed by atoms with Gasteiger partial charge in [0.15, 0.2) is 36.8 Å². The van der Waals surface area contributed by atoms with E-state index in [-0.39, 0.29) is 0 Å². The second kappa shape index (κ2) is 16.8. The van der Waals surface area contributed by atoms with E-state index in [1.165, 1.54) is 0 Å². The Labute approximate surface area is 265 Å². The van der Waals surface area contributed by atoms with Crippen LogP contribution in [0.25, 0.3) is 0 Å². The van der Waals surface area contributed by atoms with Gasteiger partial charge in [0.25, 0.3) is 0 Å². The van der Waals surface area contributed by atoms with Crippen molar-refractivity contribution >= 4 is 64.4 Å². The molecule has 0 aromatic rings. The van der Waals surface area contributed by atoms with Gasteiger partial charge < -0.3 is 47.4 Å². The highest BCUT2D eigenvalue weighted by Crippen LogP contribution is 2.36. The molecule has 2 aliphatic heterocycles. The fraction of sp³-hybridized carbons (Fsp3) is 0.731. The van der Waals surface area contributed by atoms with Crippen molar-refractivity contribution in [3.63, 3.8) is 0 Å². The number of esters is 7. The van der Waals surface area contributed by atoms with Crippen molar-refractivity contribution in [2.45, 2.75) is 108 Å². The maximum atomic E-state index is 12.2. The van der Waals surface area contributed by atoms with E-state index in [0.717, 1.165) is 48.5 Å². The molecular formula is C26H35IO17. The fourth-order valence-corrected chi connectivity index (χ4v) is 5.39. The number of rotatable bonds is 11. The van der Waals surface area contributed by atoms with E-state index in [1.54, 1.807) is 22.6 Å². The number of carbonyl (C=O) groups is 7.